The summed E-state index contributed by atoms with van der Waals surface area (Å²) < 4.78 is 10.8. The molecule has 1 radical (unpaired) electrons. The van der Waals surface area contributed by atoms with E-state index in [1.165, 1.54) is 76.5 Å². The molecule has 0 atom stereocenters. The average Bonchev–Trinajstić information content (AvgIpc) is 2.43. The van der Waals surface area contributed by atoms with Gasteiger partial charge in [-0.3, -0.25) is 8.37 Å². The van der Waals surface area contributed by atoms with Crippen LogP contribution in [0.2, 0.25) is 0 Å². The van der Waals surface area contributed by atoms with Crippen molar-refractivity contribution in [3.8, 4) is 0 Å². The average molecular weight is 314 g/mol. The van der Waals surface area contributed by atoms with Gasteiger partial charge in [0.2, 0.25) is 0 Å². The molecule has 0 aromatic heterocycles. The summed E-state index contributed by atoms with van der Waals surface area (Å²) in [6.07, 6.45) is 15.7. The van der Waals surface area contributed by atoms with Gasteiger partial charge in [0.25, 0.3) is 0 Å². The smallest absolute Gasteiger partial charge is 0.158 e. The van der Waals surface area contributed by atoms with E-state index in [4.69, 9.17) is 8.37 Å². The van der Waals surface area contributed by atoms with Gasteiger partial charge in [-0.1, -0.05) is 78.1 Å². The Labute approximate surface area is 153 Å². The van der Waals surface area contributed by atoms with Crippen LogP contribution in [-0.2, 0) is 8.37 Å². The van der Waals surface area contributed by atoms with Crippen molar-refractivity contribution in [1.29, 1.82) is 0 Å². The summed E-state index contributed by atoms with van der Waals surface area (Å²) in [5.41, 5.74) is 0. The van der Waals surface area contributed by atoms with Gasteiger partial charge in [-0.25, -0.2) is 0 Å². The van der Waals surface area contributed by atoms with Gasteiger partial charge in [0.15, 0.2) is 12.3 Å². The Kier molecular flexibility index (Phi) is 26.5. The van der Waals surface area contributed by atoms with Crippen molar-refractivity contribution in [3.63, 3.8) is 0 Å². The molecule has 0 rings (SSSR count). The molecule has 0 bridgehead atoms. The zero-order chi connectivity index (χ0) is 14.0. The molecule has 117 valence electrons. The number of rotatable bonds is 16. The van der Waals surface area contributed by atoms with E-state index in [1.54, 1.807) is 0 Å². The first kappa shape index (κ1) is 23.5. The molecule has 0 spiro atoms. The van der Waals surface area contributed by atoms with Crippen molar-refractivity contribution >= 4 is 41.9 Å². The fourth-order valence-electron chi connectivity index (χ4n) is 1.98. The number of unbranched alkanes of at least 4 members (excludes halogenated alkanes) is 10. The maximum Gasteiger partial charge on any atom is 0.158 e. The summed E-state index contributed by atoms with van der Waals surface area (Å²) >= 11 is 1.19. The molecule has 0 amide bonds. The van der Waals surface area contributed by atoms with Crippen LogP contribution in [0.15, 0.2) is 0 Å². The predicted molar refractivity (Wildman–Crippen MR) is 92.0 cm³/mol. The van der Waals surface area contributed by atoms with Crippen LogP contribution in [0.25, 0.3) is 0 Å². The van der Waals surface area contributed by atoms with E-state index >= 15 is 0 Å². The number of hydrogen-bond donors (Lipinski definition) is 0. The van der Waals surface area contributed by atoms with E-state index in [1.807, 2.05) is 0 Å². The minimum atomic E-state index is 0. The first-order valence-corrected chi connectivity index (χ1v) is 8.99. The van der Waals surface area contributed by atoms with Crippen molar-refractivity contribution in [2.45, 2.75) is 90.9 Å². The Morgan fingerprint density at radius 2 is 0.900 bits per heavy atom. The van der Waals surface area contributed by atoms with E-state index in [2.05, 4.69) is 13.8 Å². The van der Waals surface area contributed by atoms with Crippen LogP contribution >= 0.6 is 12.3 Å². The molecule has 4 heteroatoms. The Hall–Kier alpha value is 1.27. The van der Waals surface area contributed by atoms with Gasteiger partial charge in [0.1, 0.15) is 0 Å². The van der Waals surface area contributed by atoms with Gasteiger partial charge in [-0.15, -0.1) is 0 Å². The van der Waals surface area contributed by atoms with Crippen LogP contribution in [0.3, 0.4) is 0 Å². The second-order valence-electron chi connectivity index (χ2n) is 5.25. The molecule has 0 fully saturated rings. The molecule has 2 nitrogen and oxygen atoms in total. The maximum atomic E-state index is 5.38. The third kappa shape index (κ3) is 21.6. The van der Waals surface area contributed by atoms with E-state index in [0.29, 0.717) is 0 Å². The molecule has 0 aliphatic rings. The molecule has 0 unspecified atom stereocenters. The van der Waals surface area contributed by atoms with Crippen LogP contribution in [0.4, 0.5) is 0 Å². The minimum Gasteiger partial charge on any atom is -0.291 e. The predicted octanol–water partition coefficient (Wildman–Crippen LogP) is 5.92. The molecular formula is C16H34NaO2S. The third-order valence-electron chi connectivity index (χ3n) is 3.26. The van der Waals surface area contributed by atoms with Gasteiger partial charge in [0, 0.05) is 29.6 Å². The van der Waals surface area contributed by atoms with Crippen molar-refractivity contribution in [3.05, 3.63) is 0 Å². The largest absolute Gasteiger partial charge is 0.291 e. The van der Waals surface area contributed by atoms with E-state index in [0.717, 1.165) is 26.1 Å². The Bertz CT molecular complexity index is 143. The summed E-state index contributed by atoms with van der Waals surface area (Å²) in [7, 11) is 0. The second kappa shape index (κ2) is 22.5. The normalized spacial score (nSPS) is 10.5. The SMILES string of the molecule is CCCCCCCCOSOCCCCCCCC.[Na]. The maximum absolute atomic E-state index is 5.38. The van der Waals surface area contributed by atoms with Crippen molar-refractivity contribution in [2.75, 3.05) is 13.2 Å². The number of hydrogen-bond acceptors (Lipinski definition) is 3. The molecule has 0 aliphatic heterocycles. The molecule has 20 heavy (non-hydrogen) atoms. The van der Waals surface area contributed by atoms with Crippen LogP contribution in [0.1, 0.15) is 90.9 Å². The molecule has 0 saturated carbocycles. The molecular weight excluding hydrogens is 279 g/mol. The monoisotopic (exact) mass is 313 g/mol. The molecule has 0 saturated heterocycles. The summed E-state index contributed by atoms with van der Waals surface area (Å²) in [5, 5.41) is 0. The summed E-state index contributed by atoms with van der Waals surface area (Å²) in [6.45, 7) is 6.16. The zero-order valence-corrected chi connectivity index (χ0v) is 16.9. The van der Waals surface area contributed by atoms with Gasteiger partial charge in [-0.05, 0) is 12.8 Å². The van der Waals surface area contributed by atoms with Gasteiger partial charge in [-0.2, -0.15) is 0 Å². The standard InChI is InChI=1S/C16H34O2S.Na/c1-3-5-7-9-11-13-15-17-19-18-16-14-12-10-8-6-4-2;/h3-16H2,1-2H3;. The zero-order valence-electron chi connectivity index (χ0n) is 14.1. The summed E-state index contributed by atoms with van der Waals surface area (Å²) in [4.78, 5) is 0. The Morgan fingerprint density at radius 1 is 0.550 bits per heavy atom. The Balaban J connectivity index is 0. The van der Waals surface area contributed by atoms with Crippen molar-refractivity contribution in [2.24, 2.45) is 0 Å². The van der Waals surface area contributed by atoms with Crippen molar-refractivity contribution in [1.82, 2.24) is 0 Å². The van der Waals surface area contributed by atoms with Crippen LogP contribution in [0, 0.1) is 0 Å². The first-order valence-electron chi connectivity index (χ1n) is 8.32. The molecule has 0 N–H and O–H groups in total. The molecule has 0 aromatic rings. The van der Waals surface area contributed by atoms with Crippen LogP contribution < -0.4 is 0 Å². The quantitative estimate of drug-likeness (QED) is 0.200. The van der Waals surface area contributed by atoms with E-state index < -0.39 is 0 Å². The van der Waals surface area contributed by atoms with Gasteiger partial charge in [0.05, 0.1) is 13.2 Å². The first-order chi connectivity index (χ1) is 9.41. The fourth-order valence-corrected chi connectivity index (χ4v) is 2.42. The topological polar surface area (TPSA) is 18.5 Å². The van der Waals surface area contributed by atoms with E-state index in [9.17, 15) is 0 Å². The van der Waals surface area contributed by atoms with Crippen LogP contribution in [0.5, 0.6) is 0 Å². The minimum absolute atomic E-state index is 0. The van der Waals surface area contributed by atoms with Gasteiger partial charge < -0.3 is 0 Å². The third-order valence-corrected chi connectivity index (χ3v) is 3.78. The Morgan fingerprint density at radius 3 is 1.30 bits per heavy atom. The van der Waals surface area contributed by atoms with Crippen LogP contribution in [-0.4, -0.2) is 42.8 Å². The summed E-state index contributed by atoms with van der Waals surface area (Å²) in [6, 6.07) is 0. The molecule has 0 heterocycles. The summed E-state index contributed by atoms with van der Waals surface area (Å²) in [5.74, 6) is 0. The van der Waals surface area contributed by atoms with Gasteiger partial charge >= 0.3 is 0 Å². The second-order valence-corrected chi connectivity index (χ2v) is 5.86. The molecule has 0 aromatic carbocycles. The van der Waals surface area contributed by atoms with Crippen molar-refractivity contribution < 1.29 is 8.37 Å². The fraction of sp³-hybridized carbons (Fsp3) is 1.00. The van der Waals surface area contributed by atoms with E-state index in [-0.39, 0.29) is 29.6 Å². The molecule has 0 aliphatic carbocycles.